The maximum Gasteiger partial charge on any atom is 0.257 e. The van der Waals surface area contributed by atoms with Crippen LogP contribution in [0.4, 0.5) is 5.69 Å². The first kappa shape index (κ1) is 15.1. The average Bonchev–Trinajstić information content (AvgIpc) is 2.48. The van der Waals surface area contributed by atoms with Gasteiger partial charge in [-0.3, -0.25) is 4.79 Å². The monoisotopic (exact) mass is 299 g/mol. The molecule has 106 valence electrons. The second-order valence-corrected chi connectivity index (χ2v) is 4.83. The Kier molecular flexibility index (Phi) is 4.99. The molecule has 0 spiro atoms. The molecule has 3 nitrogen and oxygen atoms in total. The first-order valence-electron chi connectivity index (χ1n) is 6.38. The highest BCUT2D eigenvalue weighted by molar-refractivity contribution is 6.34. The number of hydrogen-bond donors (Lipinski definition) is 2. The summed E-state index contributed by atoms with van der Waals surface area (Å²) in [6.45, 7) is 1.72. The van der Waals surface area contributed by atoms with Crippen molar-refractivity contribution >= 4 is 23.2 Å². The molecule has 0 atom stereocenters. The zero-order valence-electron chi connectivity index (χ0n) is 11.5. The van der Waals surface area contributed by atoms with E-state index < -0.39 is 0 Å². The Labute approximate surface area is 128 Å². The molecule has 2 N–H and O–H groups in total. The van der Waals surface area contributed by atoms with E-state index in [2.05, 4.69) is 17.2 Å². The van der Waals surface area contributed by atoms with Crippen LogP contribution >= 0.6 is 11.6 Å². The number of aliphatic hydroxyl groups is 1. The van der Waals surface area contributed by atoms with E-state index in [0.717, 1.165) is 11.1 Å². The molecule has 0 unspecified atom stereocenters. The largest absolute Gasteiger partial charge is 0.384 e. The fraction of sp³-hybridized carbons (Fsp3) is 0.118. The van der Waals surface area contributed by atoms with Crippen LogP contribution in [0, 0.1) is 18.8 Å². The van der Waals surface area contributed by atoms with Gasteiger partial charge in [0, 0.05) is 11.3 Å². The third-order valence-corrected chi connectivity index (χ3v) is 3.25. The van der Waals surface area contributed by atoms with Gasteiger partial charge >= 0.3 is 0 Å². The van der Waals surface area contributed by atoms with Crippen molar-refractivity contribution in [3.63, 3.8) is 0 Å². The van der Waals surface area contributed by atoms with Crippen molar-refractivity contribution in [1.29, 1.82) is 0 Å². The molecule has 2 aromatic carbocycles. The number of carbonyl (C=O) groups is 1. The van der Waals surface area contributed by atoms with Crippen LogP contribution in [0.5, 0.6) is 0 Å². The van der Waals surface area contributed by atoms with Gasteiger partial charge < -0.3 is 10.4 Å². The maximum atomic E-state index is 12.2. The van der Waals surface area contributed by atoms with Crippen molar-refractivity contribution < 1.29 is 9.90 Å². The van der Waals surface area contributed by atoms with E-state index >= 15 is 0 Å². The molecule has 0 aliphatic carbocycles. The molecule has 4 heteroatoms. The van der Waals surface area contributed by atoms with E-state index in [4.69, 9.17) is 16.7 Å². The van der Waals surface area contributed by atoms with Crippen molar-refractivity contribution in [2.24, 2.45) is 0 Å². The molecule has 0 heterocycles. The van der Waals surface area contributed by atoms with Crippen LogP contribution in [0.3, 0.4) is 0 Å². The number of halogens is 1. The van der Waals surface area contributed by atoms with Gasteiger partial charge in [-0.25, -0.2) is 0 Å². The van der Waals surface area contributed by atoms with E-state index in [1.807, 2.05) is 13.0 Å². The predicted octanol–water partition coefficient (Wildman–Crippen LogP) is 3.24. The second kappa shape index (κ2) is 6.94. The van der Waals surface area contributed by atoms with Gasteiger partial charge in [0.2, 0.25) is 0 Å². The Hall–Kier alpha value is -2.28. The zero-order chi connectivity index (χ0) is 15.2. The number of amides is 1. The third kappa shape index (κ3) is 3.85. The average molecular weight is 300 g/mol. The van der Waals surface area contributed by atoms with E-state index in [9.17, 15) is 4.79 Å². The van der Waals surface area contributed by atoms with E-state index in [0.29, 0.717) is 16.3 Å². The van der Waals surface area contributed by atoms with Gasteiger partial charge in [0.15, 0.2) is 0 Å². The molecule has 0 saturated carbocycles. The van der Waals surface area contributed by atoms with Crippen LogP contribution in [-0.4, -0.2) is 17.6 Å². The first-order valence-corrected chi connectivity index (χ1v) is 6.76. The summed E-state index contributed by atoms with van der Waals surface area (Å²) in [7, 11) is 0. The van der Waals surface area contributed by atoms with Crippen molar-refractivity contribution in [2.75, 3.05) is 11.9 Å². The third-order valence-electron chi connectivity index (χ3n) is 2.92. The highest BCUT2D eigenvalue weighted by atomic mass is 35.5. The summed E-state index contributed by atoms with van der Waals surface area (Å²) < 4.78 is 0. The van der Waals surface area contributed by atoms with Crippen LogP contribution in [0.15, 0.2) is 42.5 Å². The zero-order valence-corrected chi connectivity index (χ0v) is 12.2. The molecule has 0 aliphatic heterocycles. The molecule has 1 amide bonds. The minimum absolute atomic E-state index is 0.199. The van der Waals surface area contributed by atoms with Crippen LogP contribution < -0.4 is 5.32 Å². The summed E-state index contributed by atoms with van der Waals surface area (Å²) in [5.41, 5.74) is 2.79. The molecule has 0 saturated heterocycles. The minimum atomic E-state index is -0.273. The van der Waals surface area contributed by atoms with Crippen LogP contribution in [-0.2, 0) is 0 Å². The summed E-state index contributed by atoms with van der Waals surface area (Å²) in [4.78, 5) is 12.2. The smallest absolute Gasteiger partial charge is 0.257 e. The standard InChI is InChI=1S/C17H14ClNO2/c1-12-8-9-14(11-13(12)5-4-10-20)19-17(21)15-6-2-3-7-16(15)18/h2-3,6-9,11,20H,10H2,1H3,(H,19,21). The summed E-state index contributed by atoms with van der Waals surface area (Å²) in [5.74, 6) is 5.18. The Morgan fingerprint density at radius 2 is 2.05 bits per heavy atom. The van der Waals surface area contributed by atoms with Gasteiger partial charge in [-0.15, -0.1) is 0 Å². The summed E-state index contributed by atoms with van der Waals surface area (Å²) >= 11 is 6.00. The SMILES string of the molecule is Cc1ccc(NC(=O)c2ccccc2Cl)cc1C#CCO. The van der Waals surface area contributed by atoms with Crippen molar-refractivity contribution in [2.45, 2.75) is 6.92 Å². The summed E-state index contributed by atoms with van der Waals surface area (Å²) in [6.07, 6.45) is 0. The Morgan fingerprint density at radius 1 is 1.29 bits per heavy atom. The van der Waals surface area contributed by atoms with Crippen LogP contribution in [0.25, 0.3) is 0 Å². The number of rotatable bonds is 2. The molecule has 21 heavy (non-hydrogen) atoms. The minimum Gasteiger partial charge on any atom is -0.384 e. The number of carbonyl (C=O) groups excluding carboxylic acids is 1. The van der Waals surface area contributed by atoms with Gasteiger partial charge in [-0.05, 0) is 36.8 Å². The second-order valence-electron chi connectivity index (χ2n) is 4.42. The fourth-order valence-corrected chi connectivity index (χ4v) is 2.03. The Balaban J connectivity index is 2.24. The topological polar surface area (TPSA) is 49.3 Å². The van der Waals surface area contributed by atoms with Gasteiger partial charge in [-0.2, -0.15) is 0 Å². The summed E-state index contributed by atoms with van der Waals surface area (Å²) in [6, 6.07) is 12.3. The van der Waals surface area contributed by atoms with Crippen molar-refractivity contribution in [3.8, 4) is 11.8 Å². The first-order chi connectivity index (χ1) is 10.1. The summed E-state index contributed by atoms with van der Waals surface area (Å²) in [5, 5.41) is 11.9. The highest BCUT2D eigenvalue weighted by Gasteiger charge is 2.10. The molecule has 0 radical (unpaired) electrons. The number of aliphatic hydroxyl groups excluding tert-OH is 1. The number of benzene rings is 2. The predicted molar refractivity (Wildman–Crippen MR) is 84.5 cm³/mol. The van der Waals surface area contributed by atoms with E-state index in [-0.39, 0.29) is 12.5 Å². The van der Waals surface area contributed by atoms with Gasteiger partial charge in [0.1, 0.15) is 6.61 Å². The molecular weight excluding hydrogens is 286 g/mol. The molecule has 2 aromatic rings. The Bertz CT molecular complexity index is 729. The van der Waals surface area contributed by atoms with E-state index in [1.165, 1.54) is 0 Å². The van der Waals surface area contributed by atoms with Crippen LogP contribution in [0.2, 0.25) is 5.02 Å². The van der Waals surface area contributed by atoms with Gasteiger partial charge in [-0.1, -0.05) is 41.6 Å². The lowest BCUT2D eigenvalue weighted by atomic mass is 10.1. The van der Waals surface area contributed by atoms with Crippen molar-refractivity contribution in [3.05, 3.63) is 64.2 Å². The fourth-order valence-electron chi connectivity index (χ4n) is 1.81. The van der Waals surface area contributed by atoms with E-state index in [1.54, 1.807) is 36.4 Å². The lowest BCUT2D eigenvalue weighted by Crippen LogP contribution is -2.12. The van der Waals surface area contributed by atoms with Gasteiger partial charge in [0.25, 0.3) is 5.91 Å². The molecule has 2 rings (SSSR count). The molecule has 0 bridgehead atoms. The van der Waals surface area contributed by atoms with Gasteiger partial charge in [0.05, 0.1) is 10.6 Å². The molecule has 0 fully saturated rings. The lowest BCUT2D eigenvalue weighted by molar-refractivity contribution is 0.102. The number of aryl methyl sites for hydroxylation is 1. The lowest BCUT2D eigenvalue weighted by Gasteiger charge is -2.08. The quantitative estimate of drug-likeness (QED) is 0.836. The van der Waals surface area contributed by atoms with Crippen LogP contribution in [0.1, 0.15) is 21.5 Å². The number of nitrogens with one attached hydrogen (secondary N) is 1. The molecular formula is C17H14ClNO2. The number of hydrogen-bond acceptors (Lipinski definition) is 2. The highest BCUT2D eigenvalue weighted by Crippen LogP contribution is 2.19. The maximum absolute atomic E-state index is 12.2. The molecule has 0 aromatic heterocycles. The number of anilines is 1. The normalized spacial score (nSPS) is 9.67. The van der Waals surface area contributed by atoms with Crippen molar-refractivity contribution in [1.82, 2.24) is 0 Å². The molecule has 0 aliphatic rings. The Morgan fingerprint density at radius 3 is 2.76 bits per heavy atom.